The van der Waals surface area contributed by atoms with Gasteiger partial charge in [0.15, 0.2) is 12.6 Å². The lowest BCUT2D eigenvalue weighted by atomic mass is 9.75. The molecule has 13 nitrogen and oxygen atoms in total. The standard InChI is InChI=1S/C37H68N2O11/c1-13-14-25-37(10,44)30(41)20(4)28-18(2)16-36(9,50-28)32(49-34-27(40)24(38-11)15-19(3)46-34)21(5)29(22(6)33(43)39-25)48-26-17-35(8,45-12)31(42)23(7)47-26/h18-32,34,38,40-42,44H,13-17H2,1-12H3,(H,39,43)/t18-,19?,20+,21+,22-,23?,24?,25-,26?,27?,28-,29+,30-,31?,32-,34?,35?,36-,37-/m1/s1. The number of methoxy groups -OCH3 is 1. The van der Waals surface area contributed by atoms with Crippen molar-refractivity contribution in [1.29, 1.82) is 0 Å². The Morgan fingerprint density at radius 3 is 2.22 bits per heavy atom. The predicted molar refractivity (Wildman–Crippen MR) is 186 cm³/mol. The van der Waals surface area contributed by atoms with Crippen LogP contribution in [0.3, 0.4) is 0 Å². The number of aliphatic hydroxyl groups excluding tert-OH is 3. The molecule has 4 aliphatic rings. The topological polar surface area (TPSA) is 177 Å². The Kier molecular flexibility index (Phi) is 13.5. The minimum Gasteiger partial charge on any atom is -0.390 e. The number of aliphatic hydroxyl groups is 4. The van der Waals surface area contributed by atoms with Crippen LogP contribution in [0.1, 0.15) is 101 Å². The molecule has 0 spiro atoms. The maximum absolute atomic E-state index is 14.3. The van der Waals surface area contributed by atoms with Crippen molar-refractivity contribution in [2.75, 3.05) is 14.2 Å². The summed E-state index contributed by atoms with van der Waals surface area (Å²) in [5.74, 6) is -2.25. The molecule has 1 amide bonds. The summed E-state index contributed by atoms with van der Waals surface area (Å²) in [7, 11) is 3.34. The van der Waals surface area contributed by atoms with E-state index in [9.17, 15) is 25.2 Å². The largest absolute Gasteiger partial charge is 0.390 e. The second-order valence-electron chi connectivity index (χ2n) is 16.6. The fourth-order valence-corrected chi connectivity index (χ4v) is 9.27. The van der Waals surface area contributed by atoms with Crippen molar-refractivity contribution in [2.45, 2.75) is 192 Å². The number of ether oxygens (including phenoxy) is 6. The number of hydrogen-bond donors (Lipinski definition) is 6. The van der Waals surface area contributed by atoms with Crippen LogP contribution in [0.15, 0.2) is 0 Å². The van der Waals surface area contributed by atoms with Crippen molar-refractivity contribution in [3.63, 3.8) is 0 Å². The smallest absolute Gasteiger partial charge is 0.225 e. The van der Waals surface area contributed by atoms with E-state index in [1.807, 2.05) is 41.5 Å². The third kappa shape index (κ3) is 8.23. The Hall–Kier alpha value is -0.970. The van der Waals surface area contributed by atoms with Crippen LogP contribution < -0.4 is 10.6 Å². The highest BCUT2D eigenvalue weighted by molar-refractivity contribution is 5.79. The Balaban J connectivity index is 1.84. The van der Waals surface area contributed by atoms with Gasteiger partial charge in [0.05, 0.1) is 59.8 Å². The molecule has 0 aromatic carbocycles. The summed E-state index contributed by atoms with van der Waals surface area (Å²) in [5.41, 5.74) is -3.61. The van der Waals surface area contributed by atoms with Gasteiger partial charge >= 0.3 is 0 Å². The molecular weight excluding hydrogens is 648 g/mol. The van der Waals surface area contributed by atoms with Crippen LogP contribution in [0.2, 0.25) is 0 Å². The van der Waals surface area contributed by atoms with Crippen molar-refractivity contribution >= 4 is 5.91 Å². The van der Waals surface area contributed by atoms with Crippen LogP contribution in [0.25, 0.3) is 0 Å². The minimum atomic E-state index is -1.67. The predicted octanol–water partition coefficient (Wildman–Crippen LogP) is 2.24. The zero-order chi connectivity index (χ0) is 37.5. The SMILES string of the molecule is CCC[C@H]1NC(=O)[C@H](C)[C@@H](OC2CC(C)(OC)C(O)C(C)O2)[C@H](C)[C@@H](OC2OC(C)CC(NC)C2O)[C@@]2(C)C[C@@H](C)[C@@H](O2)[C@H](C)[C@@H](O)[C@]1(C)O. The minimum absolute atomic E-state index is 0.0368. The van der Waals surface area contributed by atoms with Gasteiger partial charge in [-0.3, -0.25) is 4.79 Å². The highest BCUT2D eigenvalue weighted by Gasteiger charge is 2.57. The van der Waals surface area contributed by atoms with Crippen LogP contribution in [-0.4, -0.2) is 131 Å². The summed E-state index contributed by atoms with van der Waals surface area (Å²) in [5, 5.41) is 52.3. The molecule has 4 saturated heterocycles. The first-order chi connectivity index (χ1) is 23.2. The van der Waals surface area contributed by atoms with E-state index in [0.29, 0.717) is 25.7 Å². The molecule has 13 heteroatoms. The molecule has 4 rings (SSSR count). The van der Waals surface area contributed by atoms with Gasteiger partial charge in [-0.15, -0.1) is 0 Å². The van der Waals surface area contributed by atoms with E-state index in [-0.39, 0.29) is 30.4 Å². The first-order valence-corrected chi connectivity index (χ1v) is 18.8. The fraction of sp³-hybridized carbons (Fsp3) is 0.973. The van der Waals surface area contributed by atoms with Gasteiger partial charge in [-0.25, -0.2) is 0 Å². The number of fused-ring (bicyclic) bond motifs is 2. The Morgan fingerprint density at radius 2 is 1.62 bits per heavy atom. The normalized spacial score (nSPS) is 52.4. The van der Waals surface area contributed by atoms with Gasteiger partial charge in [0.2, 0.25) is 5.91 Å². The van der Waals surface area contributed by atoms with Crippen LogP contribution in [-0.2, 0) is 33.2 Å². The second-order valence-corrected chi connectivity index (χ2v) is 16.6. The summed E-state index contributed by atoms with van der Waals surface area (Å²) >= 11 is 0. The number of nitrogens with one attached hydrogen (secondary N) is 2. The van der Waals surface area contributed by atoms with Gasteiger partial charge in [0.25, 0.3) is 0 Å². The lowest BCUT2D eigenvalue weighted by Crippen LogP contribution is -2.62. The molecule has 8 unspecified atom stereocenters. The zero-order valence-electron chi connectivity index (χ0n) is 32.4. The molecule has 0 aromatic rings. The maximum atomic E-state index is 14.3. The number of carbonyl (C=O) groups excluding carboxylic acids is 1. The van der Waals surface area contributed by atoms with Gasteiger partial charge < -0.3 is 59.5 Å². The molecule has 4 heterocycles. The number of likely N-dealkylation sites (N-methyl/N-ethyl adjacent to an activating group) is 1. The quantitative estimate of drug-likeness (QED) is 0.216. The van der Waals surface area contributed by atoms with Gasteiger partial charge in [0, 0.05) is 31.4 Å². The summed E-state index contributed by atoms with van der Waals surface area (Å²) in [6.45, 7) is 18.7. The Morgan fingerprint density at radius 1 is 0.960 bits per heavy atom. The van der Waals surface area contributed by atoms with Gasteiger partial charge in [-0.2, -0.15) is 0 Å². The lowest BCUT2D eigenvalue weighted by molar-refractivity contribution is -0.316. The van der Waals surface area contributed by atoms with E-state index in [0.717, 1.165) is 0 Å². The Labute approximate surface area is 299 Å². The summed E-state index contributed by atoms with van der Waals surface area (Å²) in [6.07, 6.45) is -5.38. The molecule has 6 N–H and O–H groups in total. The van der Waals surface area contributed by atoms with E-state index >= 15 is 0 Å². The van der Waals surface area contributed by atoms with Crippen LogP contribution >= 0.6 is 0 Å². The lowest BCUT2D eigenvalue weighted by Gasteiger charge is -2.48. The molecule has 0 aliphatic carbocycles. The Bertz CT molecular complexity index is 1130. The van der Waals surface area contributed by atoms with Crippen molar-refractivity contribution in [3.8, 4) is 0 Å². The summed E-state index contributed by atoms with van der Waals surface area (Å²) in [6, 6.07) is -1.02. The van der Waals surface area contributed by atoms with Crippen molar-refractivity contribution in [2.24, 2.45) is 23.7 Å². The zero-order valence-corrected chi connectivity index (χ0v) is 32.4. The highest BCUT2D eigenvalue weighted by atomic mass is 16.7. The van der Waals surface area contributed by atoms with E-state index in [4.69, 9.17) is 28.4 Å². The fourth-order valence-electron chi connectivity index (χ4n) is 9.27. The molecule has 0 radical (unpaired) electrons. The van der Waals surface area contributed by atoms with E-state index in [1.165, 1.54) is 0 Å². The van der Waals surface area contributed by atoms with Crippen molar-refractivity contribution in [3.05, 3.63) is 0 Å². The molecule has 19 atom stereocenters. The molecule has 4 fully saturated rings. The summed E-state index contributed by atoms with van der Waals surface area (Å²) < 4.78 is 38.8. The number of amides is 1. The van der Waals surface area contributed by atoms with Gasteiger partial charge in [-0.1, -0.05) is 41.0 Å². The van der Waals surface area contributed by atoms with Crippen molar-refractivity contribution < 1.29 is 53.6 Å². The van der Waals surface area contributed by atoms with Crippen molar-refractivity contribution in [1.82, 2.24) is 10.6 Å². The molecule has 2 bridgehead atoms. The van der Waals surface area contributed by atoms with E-state index in [2.05, 4.69) is 17.6 Å². The number of rotatable bonds is 8. The van der Waals surface area contributed by atoms with E-state index in [1.54, 1.807) is 34.9 Å². The first kappa shape index (κ1) is 41.8. The summed E-state index contributed by atoms with van der Waals surface area (Å²) in [4.78, 5) is 14.3. The maximum Gasteiger partial charge on any atom is 0.225 e. The highest BCUT2D eigenvalue weighted by Crippen LogP contribution is 2.47. The average Bonchev–Trinajstić information content (AvgIpc) is 3.38. The third-order valence-corrected chi connectivity index (χ3v) is 12.5. The number of hydrogen-bond acceptors (Lipinski definition) is 12. The van der Waals surface area contributed by atoms with Gasteiger partial charge in [0.1, 0.15) is 17.8 Å². The number of carbonyl (C=O) groups is 1. The van der Waals surface area contributed by atoms with E-state index < -0.39 is 95.9 Å². The monoisotopic (exact) mass is 716 g/mol. The second kappa shape index (κ2) is 16.2. The molecule has 0 aromatic heterocycles. The van der Waals surface area contributed by atoms with Crippen LogP contribution in [0.5, 0.6) is 0 Å². The molecular formula is C37H68N2O11. The molecule has 50 heavy (non-hydrogen) atoms. The molecule has 292 valence electrons. The first-order valence-electron chi connectivity index (χ1n) is 18.8. The third-order valence-electron chi connectivity index (χ3n) is 12.5. The average molecular weight is 717 g/mol. The van der Waals surface area contributed by atoms with Crippen LogP contribution in [0, 0.1) is 23.7 Å². The van der Waals surface area contributed by atoms with Gasteiger partial charge in [-0.05, 0) is 66.8 Å². The molecule has 4 aliphatic heterocycles. The molecule has 0 saturated carbocycles. The van der Waals surface area contributed by atoms with Crippen LogP contribution in [0.4, 0.5) is 0 Å².